The molecule has 0 spiro atoms. The standard InChI is InChI=1S/C20H14O7/c1-25-15-6-9(3-4-13(15)21)17-11-8-14(22)16(26-2)7-10(11)5-12-18(17)20(24)27-19(12)23/h3-8,21-22H,1-2H3. The summed E-state index contributed by atoms with van der Waals surface area (Å²) in [5.74, 6) is -1.26. The van der Waals surface area contributed by atoms with E-state index < -0.39 is 11.9 Å². The smallest absolute Gasteiger partial charge is 0.347 e. The average molecular weight is 366 g/mol. The summed E-state index contributed by atoms with van der Waals surface area (Å²) in [4.78, 5) is 24.4. The first kappa shape index (κ1) is 16.7. The highest BCUT2D eigenvalue weighted by atomic mass is 16.6. The van der Waals surface area contributed by atoms with Gasteiger partial charge in [-0.1, -0.05) is 6.07 Å². The molecule has 0 atom stereocenters. The van der Waals surface area contributed by atoms with E-state index in [1.807, 2.05) is 0 Å². The van der Waals surface area contributed by atoms with E-state index in [9.17, 15) is 19.8 Å². The first-order valence-corrected chi connectivity index (χ1v) is 7.96. The molecule has 0 radical (unpaired) electrons. The second-order valence-corrected chi connectivity index (χ2v) is 5.98. The molecule has 1 aliphatic rings. The summed E-state index contributed by atoms with van der Waals surface area (Å²) >= 11 is 0. The molecular formula is C20H14O7. The molecule has 7 nitrogen and oxygen atoms in total. The number of rotatable bonds is 3. The van der Waals surface area contributed by atoms with Crippen molar-refractivity contribution in [1.29, 1.82) is 0 Å². The number of methoxy groups -OCH3 is 2. The van der Waals surface area contributed by atoms with E-state index in [1.165, 1.54) is 32.4 Å². The van der Waals surface area contributed by atoms with E-state index in [-0.39, 0.29) is 34.1 Å². The summed E-state index contributed by atoms with van der Waals surface area (Å²) in [6, 6.07) is 9.11. The average Bonchev–Trinajstić information content (AvgIpc) is 2.93. The van der Waals surface area contributed by atoms with Crippen LogP contribution in [0, 0.1) is 0 Å². The van der Waals surface area contributed by atoms with Crippen molar-refractivity contribution < 1.29 is 34.0 Å². The van der Waals surface area contributed by atoms with Crippen molar-refractivity contribution in [3.8, 4) is 34.1 Å². The van der Waals surface area contributed by atoms with Gasteiger partial charge in [-0.15, -0.1) is 0 Å². The van der Waals surface area contributed by atoms with Crippen LogP contribution in [0.2, 0.25) is 0 Å². The summed E-state index contributed by atoms with van der Waals surface area (Å²) in [6.45, 7) is 0. The Morgan fingerprint density at radius 3 is 2.22 bits per heavy atom. The third-order valence-electron chi connectivity index (χ3n) is 4.52. The molecule has 27 heavy (non-hydrogen) atoms. The van der Waals surface area contributed by atoms with E-state index >= 15 is 0 Å². The molecule has 0 aromatic heterocycles. The van der Waals surface area contributed by atoms with Crippen LogP contribution in [0.1, 0.15) is 20.7 Å². The quantitative estimate of drug-likeness (QED) is 0.542. The fourth-order valence-electron chi connectivity index (χ4n) is 3.28. The Balaban J connectivity index is 2.14. The Labute approximate surface area is 153 Å². The molecule has 3 aromatic rings. The topological polar surface area (TPSA) is 102 Å². The molecule has 0 amide bonds. The number of phenolic OH excluding ortho intramolecular Hbond substituents is 2. The molecule has 0 saturated carbocycles. The highest BCUT2D eigenvalue weighted by Gasteiger charge is 2.34. The lowest BCUT2D eigenvalue weighted by Gasteiger charge is -2.14. The van der Waals surface area contributed by atoms with Crippen molar-refractivity contribution in [3.05, 3.63) is 47.5 Å². The molecule has 0 aliphatic carbocycles. The summed E-state index contributed by atoms with van der Waals surface area (Å²) in [5.41, 5.74) is 1.14. The summed E-state index contributed by atoms with van der Waals surface area (Å²) in [6.07, 6.45) is 0. The third-order valence-corrected chi connectivity index (χ3v) is 4.52. The number of cyclic esters (lactones) is 2. The van der Waals surface area contributed by atoms with Crippen molar-refractivity contribution in [2.75, 3.05) is 14.2 Å². The normalized spacial score (nSPS) is 12.8. The van der Waals surface area contributed by atoms with E-state index in [0.29, 0.717) is 21.9 Å². The highest BCUT2D eigenvalue weighted by Crippen LogP contribution is 2.43. The van der Waals surface area contributed by atoms with E-state index in [4.69, 9.17) is 14.2 Å². The van der Waals surface area contributed by atoms with Crippen molar-refractivity contribution in [3.63, 3.8) is 0 Å². The van der Waals surface area contributed by atoms with Crippen LogP contribution < -0.4 is 9.47 Å². The SMILES string of the molecule is COc1cc(-c2c3c(cc4cc(OC)c(O)cc24)C(=O)OC3=O)ccc1O. The number of carbonyl (C=O) groups is 2. The lowest BCUT2D eigenvalue weighted by molar-refractivity contribution is 0.0444. The monoisotopic (exact) mass is 366 g/mol. The zero-order valence-electron chi connectivity index (χ0n) is 14.4. The number of hydrogen-bond donors (Lipinski definition) is 2. The molecule has 2 N–H and O–H groups in total. The summed E-state index contributed by atoms with van der Waals surface area (Å²) in [5, 5.41) is 21.2. The van der Waals surface area contributed by atoms with Crippen LogP contribution in [-0.4, -0.2) is 36.4 Å². The predicted octanol–water partition coefficient (Wildman–Crippen LogP) is 3.25. The van der Waals surface area contributed by atoms with Crippen LogP contribution >= 0.6 is 0 Å². The van der Waals surface area contributed by atoms with Crippen LogP contribution in [0.15, 0.2) is 36.4 Å². The van der Waals surface area contributed by atoms with Gasteiger partial charge in [0.15, 0.2) is 23.0 Å². The Morgan fingerprint density at radius 2 is 1.52 bits per heavy atom. The fourth-order valence-corrected chi connectivity index (χ4v) is 3.28. The lowest BCUT2D eigenvalue weighted by Crippen LogP contribution is -1.99. The molecule has 0 bridgehead atoms. The number of benzene rings is 3. The van der Waals surface area contributed by atoms with Gasteiger partial charge in [-0.2, -0.15) is 0 Å². The van der Waals surface area contributed by atoms with E-state index in [2.05, 4.69) is 0 Å². The summed E-state index contributed by atoms with van der Waals surface area (Å²) < 4.78 is 15.1. The van der Waals surface area contributed by atoms with Gasteiger partial charge in [-0.05, 0) is 46.7 Å². The number of esters is 2. The number of ether oxygens (including phenoxy) is 3. The van der Waals surface area contributed by atoms with Gasteiger partial charge < -0.3 is 24.4 Å². The van der Waals surface area contributed by atoms with Crippen LogP contribution in [-0.2, 0) is 4.74 Å². The third kappa shape index (κ3) is 2.43. The number of aromatic hydroxyl groups is 2. The van der Waals surface area contributed by atoms with Gasteiger partial charge in [-0.25, -0.2) is 9.59 Å². The summed E-state index contributed by atoms with van der Waals surface area (Å²) in [7, 11) is 2.82. The molecule has 7 heteroatoms. The fraction of sp³-hybridized carbons (Fsp3) is 0.100. The second kappa shape index (κ2) is 5.91. The van der Waals surface area contributed by atoms with Crippen molar-refractivity contribution in [2.24, 2.45) is 0 Å². The number of hydrogen-bond acceptors (Lipinski definition) is 7. The maximum atomic E-state index is 12.3. The zero-order valence-corrected chi connectivity index (χ0v) is 14.4. The van der Waals surface area contributed by atoms with Gasteiger partial charge >= 0.3 is 11.9 Å². The van der Waals surface area contributed by atoms with Gasteiger partial charge in [0.1, 0.15) is 0 Å². The number of phenols is 2. The van der Waals surface area contributed by atoms with E-state index in [1.54, 1.807) is 18.2 Å². The first-order valence-electron chi connectivity index (χ1n) is 7.96. The van der Waals surface area contributed by atoms with Crippen LogP contribution in [0.4, 0.5) is 0 Å². The maximum absolute atomic E-state index is 12.3. The van der Waals surface area contributed by atoms with E-state index in [0.717, 1.165) is 0 Å². The van der Waals surface area contributed by atoms with Gasteiger partial charge in [0, 0.05) is 5.56 Å². The minimum absolute atomic E-state index is 0.0682. The molecule has 136 valence electrons. The van der Waals surface area contributed by atoms with Crippen molar-refractivity contribution in [2.45, 2.75) is 0 Å². The van der Waals surface area contributed by atoms with Gasteiger partial charge in [0.25, 0.3) is 0 Å². The Hall–Kier alpha value is -3.74. The van der Waals surface area contributed by atoms with Gasteiger partial charge in [-0.3, -0.25) is 0 Å². The molecule has 4 rings (SSSR count). The lowest BCUT2D eigenvalue weighted by atomic mass is 9.90. The van der Waals surface area contributed by atoms with Crippen LogP contribution in [0.3, 0.4) is 0 Å². The molecular weight excluding hydrogens is 352 g/mol. The zero-order chi connectivity index (χ0) is 19.3. The minimum Gasteiger partial charge on any atom is -0.504 e. The first-order chi connectivity index (χ1) is 12.9. The Bertz CT molecular complexity index is 1130. The van der Waals surface area contributed by atoms with Crippen LogP contribution in [0.25, 0.3) is 21.9 Å². The van der Waals surface area contributed by atoms with Crippen molar-refractivity contribution >= 4 is 22.7 Å². The molecule has 0 unspecified atom stereocenters. The molecule has 0 saturated heterocycles. The molecule has 3 aromatic carbocycles. The second-order valence-electron chi connectivity index (χ2n) is 5.98. The highest BCUT2D eigenvalue weighted by molar-refractivity contribution is 6.22. The van der Waals surface area contributed by atoms with Crippen molar-refractivity contribution in [1.82, 2.24) is 0 Å². The molecule has 1 heterocycles. The number of carbonyl (C=O) groups excluding carboxylic acids is 2. The van der Waals surface area contributed by atoms with Gasteiger partial charge in [0.2, 0.25) is 0 Å². The molecule has 0 fully saturated rings. The maximum Gasteiger partial charge on any atom is 0.347 e. The number of fused-ring (bicyclic) bond motifs is 2. The largest absolute Gasteiger partial charge is 0.504 e. The predicted molar refractivity (Wildman–Crippen MR) is 95.6 cm³/mol. The molecule has 1 aliphatic heterocycles. The van der Waals surface area contributed by atoms with Crippen LogP contribution in [0.5, 0.6) is 23.0 Å². The minimum atomic E-state index is -0.769. The Morgan fingerprint density at radius 1 is 0.815 bits per heavy atom. The Kier molecular flexibility index (Phi) is 3.66. The van der Waals surface area contributed by atoms with Gasteiger partial charge in [0.05, 0.1) is 25.3 Å².